The first kappa shape index (κ1) is 18.2. The predicted molar refractivity (Wildman–Crippen MR) is 99.7 cm³/mol. The summed E-state index contributed by atoms with van der Waals surface area (Å²) in [5.74, 6) is 1.59. The maximum absolute atomic E-state index is 5.21. The van der Waals surface area contributed by atoms with E-state index in [-0.39, 0.29) is 24.0 Å². The monoisotopic (exact) mass is 412 g/mol. The molecule has 2 N–H and O–H groups in total. The lowest BCUT2D eigenvalue weighted by atomic mass is 10.2. The van der Waals surface area contributed by atoms with Crippen LogP contribution in [0.3, 0.4) is 0 Å². The molecule has 2 aromatic rings. The number of halogens is 1. The highest BCUT2D eigenvalue weighted by molar-refractivity contribution is 14.0. The van der Waals surface area contributed by atoms with E-state index in [1.807, 2.05) is 42.5 Å². The Labute approximate surface area is 148 Å². The number of hydrogen-bond donors (Lipinski definition) is 2. The largest absolute Gasteiger partial charge is 0.497 e. The van der Waals surface area contributed by atoms with Crippen LogP contribution in [0.4, 0.5) is 0 Å². The van der Waals surface area contributed by atoms with Crippen molar-refractivity contribution in [1.29, 1.82) is 0 Å². The molecule has 0 spiro atoms. The van der Waals surface area contributed by atoms with E-state index in [4.69, 9.17) is 4.74 Å². The van der Waals surface area contributed by atoms with Crippen molar-refractivity contribution in [1.82, 2.24) is 15.6 Å². The van der Waals surface area contributed by atoms with Crippen molar-refractivity contribution in [3.63, 3.8) is 0 Å². The molecule has 0 saturated heterocycles. The van der Waals surface area contributed by atoms with Gasteiger partial charge in [-0.1, -0.05) is 18.2 Å². The average molecular weight is 412 g/mol. The van der Waals surface area contributed by atoms with E-state index in [1.165, 1.54) is 0 Å². The minimum Gasteiger partial charge on any atom is -0.497 e. The normalized spacial score (nSPS) is 10.5. The topological polar surface area (TPSA) is 58.5 Å². The number of ether oxygens (including phenoxy) is 1. The Hall–Kier alpha value is -1.83. The Morgan fingerprint density at radius 2 is 1.95 bits per heavy atom. The molecular weight excluding hydrogens is 391 g/mol. The minimum absolute atomic E-state index is 0. The van der Waals surface area contributed by atoms with Gasteiger partial charge in [0.2, 0.25) is 0 Å². The first-order valence-corrected chi connectivity index (χ1v) is 6.79. The Balaban J connectivity index is 0.00000242. The lowest BCUT2D eigenvalue weighted by Crippen LogP contribution is -2.36. The molecule has 0 bridgehead atoms. The zero-order valence-electron chi connectivity index (χ0n) is 12.7. The summed E-state index contributed by atoms with van der Waals surface area (Å²) in [6, 6.07) is 13.8. The standard InChI is InChI=1S/C16H20N4O.HI/c1-17-16(20-12-14-7-3-4-9-18-14)19-11-13-6-5-8-15(10-13)21-2;/h3-10H,11-12H2,1-2H3,(H2,17,19,20);1H. The highest BCUT2D eigenvalue weighted by atomic mass is 127. The maximum Gasteiger partial charge on any atom is 0.191 e. The third-order valence-electron chi connectivity index (χ3n) is 2.98. The molecule has 2 rings (SSSR count). The fourth-order valence-corrected chi connectivity index (χ4v) is 1.87. The summed E-state index contributed by atoms with van der Waals surface area (Å²) >= 11 is 0. The van der Waals surface area contributed by atoms with Gasteiger partial charge in [-0.15, -0.1) is 24.0 Å². The Bertz CT molecular complexity index is 590. The van der Waals surface area contributed by atoms with Crippen molar-refractivity contribution in [3.05, 3.63) is 59.9 Å². The van der Waals surface area contributed by atoms with Gasteiger partial charge in [0, 0.05) is 19.8 Å². The van der Waals surface area contributed by atoms with Crippen LogP contribution in [0.1, 0.15) is 11.3 Å². The summed E-state index contributed by atoms with van der Waals surface area (Å²) < 4.78 is 5.21. The average Bonchev–Trinajstić information content (AvgIpc) is 2.56. The zero-order valence-corrected chi connectivity index (χ0v) is 15.1. The molecule has 1 aromatic heterocycles. The van der Waals surface area contributed by atoms with Crippen molar-refractivity contribution >= 4 is 29.9 Å². The molecule has 0 radical (unpaired) electrons. The molecule has 0 amide bonds. The SMILES string of the molecule is CN=C(NCc1cccc(OC)c1)NCc1ccccn1.I. The van der Waals surface area contributed by atoms with Gasteiger partial charge in [-0.3, -0.25) is 9.98 Å². The van der Waals surface area contributed by atoms with Crippen LogP contribution >= 0.6 is 24.0 Å². The number of methoxy groups -OCH3 is 1. The number of pyridine rings is 1. The van der Waals surface area contributed by atoms with Crippen LogP contribution < -0.4 is 15.4 Å². The van der Waals surface area contributed by atoms with Crippen LogP contribution in [0.2, 0.25) is 0 Å². The predicted octanol–water partition coefficient (Wildman–Crippen LogP) is 2.57. The molecule has 0 aliphatic heterocycles. The molecule has 6 heteroatoms. The van der Waals surface area contributed by atoms with E-state index >= 15 is 0 Å². The molecule has 0 fully saturated rings. The van der Waals surface area contributed by atoms with Gasteiger partial charge in [0.1, 0.15) is 5.75 Å². The first-order chi connectivity index (χ1) is 10.3. The third kappa shape index (κ3) is 5.88. The lowest BCUT2D eigenvalue weighted by molar-refractivity contribution is 0.414. The summed E-state index contributed by atoms with van der Waals surface area (Å²) in [5.41, 5.74) is 2.11. The lowest BCUT2D eigenvalue weighted by Gasteiger charge is -2.12. The van der Waals surface area contributed by atoms with Gasteiger partial charge in [0.15, 0.2) is 5.96 Å². The van der Waals surface area contributed by atoms with Crippen LogP contribution in [-0.2, 0) is 13.1 Å². The highest BCUT2D eigenvalue weighted by Gasteiger charge is 2.00. The van der Waals surface area contributed by atoms with E-state index in [9.17, 15) is 0 Å². The number of rotatable bonds is 5. The van der Waals surface area contributed by atoms with Gasteiger partial charge < -0.3 is 15.4 Å². The highest BCUT2D eigenvalue weighted by Crippen LogP contribution is 2.11. The molecule has 0 atom stereocenters. The van der Waals surface area contributed by atoms with E-state index in [2.05, 4.69) is 20.6 Å². The van der Waals surface area contributed by atoms with E-state index < -0.39 is 0 Å². The van der Waals surface area contributed by atoms with Gasteiger partial charge in [0.25, 0.3) is 0 Å². The van der Waals surface area contributed by atoms with Crippen LogP contribution in [0.15, 0.2) is 53.7 Å². The van der Waals surface area contributed by atoms with Crippen LogP contribution in [-0.4, -0.2) is 25.1 Å². The van der Waals surface area contributed by atoms with Gasteiger partial charge in [-0.05, 0) is 29.8 Å². The molecule has 118 valence electrons. The zero-order chi connectivity index (χ0) is 14.9. The summed E-state index contributed by atoms with van der Waals surface area (Å²) in [7, 11) is 3.42. The molecule has 1 heterocycles. The summed E-state index contributed by atoms with van der Waals surface area (Å²) in [5, 5.41) is 6.49. The quantitative estimate of drug-likeness (QED) is 0.451. The van der Waals surface area contributed by atoms with Gasteiger partial charge in [-0.25, -0.2) is 0 Å². The Morgan fingerprint density at radius 1 is 1.14 bits per heavy atom. The number of benzene rings is 1. The van der Waals surface area contributed by atoms with Gasteiger partial charge in [-0.2, -0.15) is 0 Å². The van der Waals surface area contributed by atoms with Crippen molar-refractivity contribution < 1.29 is 4.74 Å². The summed E-state index contributed by atoms with van der Waals surface area (Å²) in [6.45, 7) is 1.32. The van der Waals surface area contributed by atoms with Crippen molar-refractivity contribution in [3.8, 4) is 5.75 Å². The number of hydrogen-bond acceptors (Lipinski definition) is 3. The molecule has 0 unspecified atom stereocenters. The molecule has 1 aromatic carbocycles. The minimum atomic E-state index is 0. The summed E-state index contributed by atoms with van der Waals surface area (Å²) in [4.78, 5) is 8.46. The number of nitrogens with one attached hydrogen (secondary N) is 2. The number of aliphatic imine (C=N–C) groups is 1. The van der Waals surface area contributed by atoms with Crippen molar-refractivity contribution in [2.24, 2.45) is 4.99 Å². The second kappa shape index (κ2) is 9.99. The van der Waals surface area contributed by atoms with Crippen LogP contribution in [0, 0.1) is 0 Å². The Kier molecular flexibility index (Phi) is 8.27. The van der Waals surface area contributed by atoms with Crippen LogP contribution in [0.5, 0.6) is 5.75 Å². The molecule has 0 aliphatic rings. The second-order valence-corrected chi connectivity index (χ2v) is 4.45. The van der Waals surface area contributed by atoms with E-state index in [0.717, 1.165) is 23.0 Å². The molecule has 0 saturated carbocycles. The van der Waals surface area contributed by atoms with Gasteiger partial charge >= 0.3 is 0 Å². The smallest absolute Gasteiger partial charge is 0.191 e. The van der Waals surface area contributed by atoms with Crippen molar-refractivity contribution in [2.75, 3.05) is 14.2 Å². The maximum atomic E-state index is 5.21. The van der Waals surface area contributed by atoms with E-state index in [1.54, 1.807) is 20.4 Å². The Morgan fingerprint density at radius 3 is 2.64 bits per heavy atom. The second-order valence-electron chi connectivity index (χ2n) is 4.45. The van der Waals surface area contributed by atoms with Crippen LogP contribution in [0.25, 0.3) is 0 Å². The van der Waals surface area contributed by atoms with Gasteiger partial charge in [0.05, 0.1) is 19.3 Å². The number of guanidine groups is 1. The molecular formula is C16H21IN4O. The fourth-order valence-electron chi connectivity index (χ4n) is 1.87. The molecule has 5 nitrogen and oxygen atoms in total. The molecule has 22 heavy (non-hydrogen) atoms. The third-order valence-corrected chi connectivity index (χ3v) is 2.98. The fraction of sp³-hybridized carbons (Fsp3) is 0.250. The van der Waals surface area contributed by atoms with Crippen molar-refractivity contribution in [2.45, 2.75) is 13.1 Å². The number of aromatic nitrogens is 1. The number of nitrogens with zero attached hydrogens (tertiary/aromatic N) is 2. The first-order valence-electron chi connectivity index (χ1n) is 6.79. The summed E-state index contributed by atoms with van der Waals surface area (Å²) in [6.07, 6.45) is 1.78. The molecule has 0 aliphatic carbocycles. The van der Waals surface area contributed by atoms with E-state index in [0.29, 0.717) is 13.1 Å².